The normalized spacial score (nSPS) is 7.57. The average molecular weight is 119 g/mol. The van der Waals surface area contributed by atoms with Crippen LogP contribution >= 0.6 is 11.3 Å². The molecule has 1 nitrogen and oxygen atoms in total. The van der Waals surface area contributed by atoms with E-state index < -0.39 is 0 Å². The molecule has 1 rings (SSSR count). The van der Waals surface area contributed by atoms with Gasteiger partial charge >= 0.3 is 0 Å². The van der Waals surface area contributed by atoms with E-state index in [4.69, 9.17) is 0 Å². The molecule has 0 aromatic carbocycles. The maximum absolute atomic E-state index is 2.04. The maximum Gasteiger partial charge on any atom is 0.224 e. The molecule has 0 saturated carbocycles. The van der Waals surface area contributed by atoms with Gasteiger partial charge in [-0.1, -0.05) is 11.3 Å². The minimum atomic E-state index is 0. The van der Waals surface area contributed by atoms with Gasteiger partial charge in [0.05, 0.1) is 5.38 Å². The molecule has 7 heavy (non-hydrogen) atoms. The lowest BCUT2D eigenvalue weighted by Crippen LogP contribution is -3.00. The molecular formula is C4H6FNS. The van der Waals surface area contributed by atoms with Crippen molar-refractivity contribution in [2.75, 3.05) is 0 Å². The van der Waals surface area contributed by atoms with E-state index in [2.05, 4.69) is 0 Å². The first-order valence-corrected chi connectivity index (χ1v) is 2.71. The summed E-state index contributed by atoms with van der Waals surface area (Å²) in [5, 5.41) is 2.04. The van der Waals surface area contributed by atoms with E-state index in [-0.39, 0.29) is 4.70 Å². The second kappa shape index (κ2) is 2.69. The predicted molar refractivity (Wildman–Crippen MR) is 25.5 cm³/mol. The molecular weight excluding hydrogens is 113 g/mol. The molecule has 0 radical (unpaired) electrons. The third kappa shape index (κ3) is 1.64. The Balaban J connectivity index is 0.000000360. The van der Waals surface area contributed by atoms with Crippen molar-refractivity contribution >= 4 is 11.3 Å². The molecule has 1 heterocycles. The van der Waals surface area contributed by atoms with Crippen molar-refractivity contribution in [3.8, 4) is 0 Å². The lowest BCUT2D eigenvalue weighted by molar-refractivity contribution is -0.666. The van der Waals surface area contributed by atoms with Crippen LogP contribution in [0.4, 0.5) is 0 Å². The summed E-state index contributed by atoms with van der Waals surface area (Å²) in [5.41, 5.74) is 2.04. The van der Waals surface area contributed by atoms with Crippen LogP contribution in [0.3, 0.4) is 0 Å². The number of aryl methyl sites for hydroxylation is 1. The van der Waals surface area contributed by atoms with Gasteiger partial charge in [0, 0.05) is 0 Å². The Labute approximate surface area is 45.6 Å². The van der Waals surface area contributed by atoms with E-state index >= 15 is 0 Å². The van der Waals surface area contributed by atoms with Crippen LogP contribution in [-0.4, -0.2) is 0 Å². The van der Waals surface area contributed by atoms with Crippen molar-refractivity contribution in [3.05, 3.63) is 17.1 Å². The van der Waals surface area contributed by atoms with E-state index in [0.29, 0.717) is 0 Å². The van der Waals surface area contributed by atoms with Crippen LogP contribution < -0.4 is 9.27 Å². The van der Waals surface area contributed by atoms with Crippen LogP contribution in [-0.2, 0) is 7.05 Å². The summed E-state index contributed by atoms with van der Waals surface area (Å²) in [6, 6.07) is 0. The lowest BCUT2D eigenvalue weighted by Gasteiger charge is -1.62. The highest BCUT2D eigenvalue weighted by atomic mass is 32.1. The first kappa shape index (κ1) is 6.56. The van der Waals surface area contributed by atoms with Gasteiger partial charge in [-0.15, -0.1) is 0 Å². The van der Waals surface area contributed by atoms with Crippen LogP contribution in [0, 0.1) is 0 Å². The molecule has 1 aromatic rings. The minimum absolute atomic E-state index is 0. The fourth-order valence-corrected chi connectivity index (χ4v) is 0.892. The van der Waals surface area contributed by atoms with E-state index in [1.54, 1.807) is 11.3 Å². The molecule has 1 aromatic heterocycles. The monoisotopic (exact) mass is 119 g/mol. The Bertz CT molecular complexity index is 115. The number of rotatable bonds is 0. The molecule has 40 valence electrons. The molecule has 0 spiro atoms. The van der Waals surface area contributed by atoms with Gasteiger partial charge in [-0.05, 0) is 0 Å². The largest absolute Gasteiger partial charge is 1.00 e. The van der Waals surface area contributed by atoms with E-state index in [0.717, 1.165) is 0 Å². The van der Waals surface area contributed by atoms with Crippen molar-refractivity contribution in [1.29, 1.82) is 0 Å². The van der Waals surface area contributed by atoms with Crippen LogP contribution in [0.15, 0.2) is 17.1 Å². The third-order valence-electron chi connectivity index (χ3n) is 0.602. The van der Waals surface area contributed by atoms with Crippen molar-refractivity contribution in [3.63, 3.8) is 0 Å². The Hall–Kier alpha value is -0.440. The van der Waals surface area contributed by atoms with E-state index in [9.17, 15) is 0 Å². The number of nitrogens with zero attached hydrogens (tertiary/aromatic N) is 1. The quantitative estimate of drug-likeness (QED) is 0.335. The second-order valence-electron chi connectivity index (χ2n) is 1.19. The molecule has 0 aliphatic rings. The Morgan fingerprint density at radius 1 is 1.57 bits per heavy atom. The first-order chi connectivity index (χ1) is 2.89. The Morgan fingerprint density at radius 2 is 2.29 bits per heavy atom. The molecule has 0 saturated heterocycles. The van der Waals surface area contributed by atoms with Crippen LogP contribution in [0.5, 0.6) is 0 Å². The number of thiazole rings is 1. The number of hydrogen-bond donors (Lipinski definition) is 0. The summed E-state index contributed by atoms with van der Waals surface area (Å²) in [6.45, 7) is 0. The van der Waals surface area contributed by atoms with Crippen molar-refractivity contribution < 1.29 is 9.27 Å². The van der Waals surface area contributed by atoms with Gasteiger partial charge in [-0.2, -0.15) is 4.57 Å². The Kier molecular flexibility index (Phi) is 2.52. The molecule has 0 fully saturated rings. The van der Waals surface area contributed by atoms with Crippen LogP contribution in [0.25, 0.3) is 0 Å². The molecule has 0 aliphatic heterocycles. The molecule has 0 bridgehead atoms. The summed E-state index contributed by atoms with van der Waals surface area (Å²) >= 11 is 1.70. The standard InChI is InChI=1S/C4H6NS.FH/c1-5-2-3-6-4-5;/h2-4H,1H3;1H/q+1;/p-1. The zero-order chi connectivity index (χ0) is 4.41. The molecule has 0 N–H and O–H groups in total. The van der Waals surface area contributed by atoms with Crippen molar-refractivity contribution in [2.24, 2.45) is 7.05 Å². The topological polar surface area (TPSA) is 3.88 Å². The number of aromatic nitrogens is 1. The predicted octanol–water partition coefficient (Wildman–Crippen LogP) is -2.42. The third-order valence-corrected chi connectivity index (χ3v) is 1.33. The summed E-state index contributed by atoms with van der Waals surface area (Å²) < 4.78 is 2.02. The van der Waals surface area contributed by atoms with Gasteiger partial charge in [0.2, 0.25) is 5.51 Å². The van der Waals surface area contributed by atoms with E-state index in [1.807, 2.05) is 28.7 Å². The summed E-state index contributed by atoms with van der Waals surface area (Å²) in [7, 11) is 2.01. The van der Waals surface area contributed by atoms with Gasteiger partial charge in [-0.25, -0.2) is 0 Å². The van der Waals surface area contributed by atoms with Gasteiger partial charge in [-0.3, -0.25) is 0 Å². The minimum Gasteiger partial charge on any atom is -1.00 e. The number of halogens is 1. The SMILES string of the molecule is C[n+]1ccsc1.[F-]. The summed E-state index contributed by atoms with van der Waals surface area (Å²) in [4.78, 5) is 0. The van der Waals surface area contributed by atoms with Crippen LogP contribution in [0.1, 0.15) is 0 Å². The highest BCUT2D eigenvalue weighted by Gasteiger charge is 1.81. The van der Waals surface area contributed by atoms with Crippen molar-refractivity contribution in [1.82, 2.24) is 0 Å². The maximum atomic E-state index is 2.04. The van der Waals surface area contributed by atoms with Crippen molar-refractivity contribution in [2.45, 2.75) is 0 Å². The Morgan fingerprint density at radius 3 is 2.43 bits per heavy atom. The smallest absolute Gasteiger partial charge is 0.224 e. The van der Waals surface area contributed by atoms with Gasteiger partial charge in [0.25, 0.3) is 0 Å². The second-order valence-corrected chi connectivity index (χ2v) is 1.95. The number of hydrogen-bond acceptors (Lipinski definition) is 1. The van der Waals surface area contributed by atoms with Gasteiger partial charge < -0.3 is 4.70 Å². The summed E-state index contributed by atoms with van der Waals surface area (Å²) in [6.07, 6.45) is 2.02. The molecule has 0 amide bonds. The molecule has 0 atom stereocenters. The zero-order valence-electron chi connectivity index (χ0n) is 3.97. The fraction of sp³-hybridized carbons (Fsp3) is 0.250. The molecule has 0 unspecified atom stereocenters. The zero-order valence-corrected chi connectivity index (χ0v) is 4.78. The molecule has 0 aliphatic carbocycles. The average Bonchev–Trinajstić information content (AvgIpc) is 1.86. The van der Waals surface area contributed by atoms with Gasteiger partial charge in [0.1, 0.15) is 7.05 Å². The lowest BCUT2D eigenvalue weighted by atomic mass is 10.9. The van der Waals surface area contributed by atoms with Crippen LogP contribution in [0.2, 0.25) is 0 Å². The fourth-order valence-electron chi connectivity index (χ4n) is 0.297. The first-order valence-electron chi connectivity index (χ1n) is 1.77. The molecule has 3 heteroatoms. The summed E-state index contributed by atoms with van der Waals surface area (Å²) in [5.74, 6) is 0. The van der Waals surface area contributed by atoms with E-state index in [1.165, 1.54) is 0 Å². The van der Waals surface area contributed by atoms with Gasteiger partial charge in [0.15, 0.2) is 6.20 Å². The highest BCUT2D eigenvalue weighted by Crippen LogP contribution is 1.83. The highest BCUT2D eigenvalue weighted by molar-refractivity contribution is 7.07.